The Kier molecular flexibility index (Phi) is 7.42. The molecule has 1 aromatic heterocycles. The number of piperidine rings is 1. The van der Waals surface area contributed by atoms with Crippen LogP contribution in [0.4, 0.5) is 25.4 Å². The van der Waals surface area contributed by atoms with Gasteiger partial charge in [0.15, 0.2) is 0 Å². The zero-order chi connectivity index (χ0) is 25.0. The molecule has 188 valence electrons. The average molecular weight is 484 g/mol. The van der Waals surface area contributed by atoms with Crippen LogP contribution in [0.15, 0.2) is 42.6 Å². The zero-order valence-electron chi connectivity index (χ0n) is 20.7. The van der Waals surface area contributed by atoms with Gasteiger partial charge < -0.3 is 19.9 Å². The number of para-hydroxylation sites is 2. The second kappa shape index (κ2) is 10.5. The fourth-order valence-electron chi connectivity index (χ4n) is 4.49. The molecule has 0 atom stereocenters. The molecule has 1 N–H and O–H groups in total. The molecule has 3 amide bonds. The number of hydrogen-bond donors (Lipinski definition) is 1. The summed E-state index contributed by atoms with van der Waals surface area (Å²) in [6.07, 6.45) is 2.95. The number of likely N-dealkylation sites (tertiary alicyclic amines) is 1. The van der Waals surface area contributed by atoms with Crippen LogP contribution >= 0.6 is 0 Å². The average Bonchev–Trinajstić information content (AvgIpc) is 2.83. The number of aromatic nitrogens is 1. The molecule has 1 aromatic carbocycles. The maximum absolute atomic E-state index is 14.2. The lowest BCUT2D eigenvalue weighted by Gasteiger charge is -2.38. The molecule has 2 aliphatic heterocycles. The normalized spacial score (nSPS) is 16.6. The molecule has 1 fully saturated rings. The number of nitrogens with one attached hydrogen (secondary N) is 1. The first kappa shape index (κ1) is 24.8. The van der Waals surface area contributed by atoms with Crippen molar-refractivity contribution in [2.75, 3.05) is 42.5 Å². The van der Waals surface area contributed by atoms with Crippen molar-refractivity contribution in [1.82, 2.24) is 15.2 Å². The van der Waals surface area contributed by atoms with Gasteiger partial charge in [-0.25, -0.2) is 14.0 Å². The Labute approximate surface area is 206 Å². The van der Waals surface area contributed by atoms with Crippen molar-refractivity contribution in [3.63, 3.8) is 0 Å². The Morgan fingerprint density at radius 2 is 1.77 bits per heavy atom. The van der Waals surface area contributed by atoms with Gasteiger partial charge in [0.1, 0.15) is 11.4 Å². The maximum Gasteiger partial charge on any atom is 0.410 e. The van der Waals surface area contributed by atoms with Gasteiger partial charge in [0.2, 0.25) is 0 Å². The number of nitrogens with zero attached hydrogens (tertiary/aromatic N) is 4. The van der Waals surface area contributed by atoms with Gasteiger partial charge in [-0.05, 0) is 63.8 Å². The lowest BCUT2D eigenvalue weighted by atomic mass is 9.97. The molecule has 4 rings (SSSR count). The van der Waals surface area contributed by atoms with Gasteiger partial charge in [-0.3, -0.25) is 9.88 Å². The van der Waals surface area contributed by atoms with Gasteiger partial charge in [0, 0.05) is 38.9 Å². The van der Waals surface area contributed by atoms with E-state index in [2.05, 4.69) is 15.2 Å². The summed E-state index contributed by atoms with van der Waals surface area (Å²) in [6, 6.07) is 10.5. The fraction of sp³-hybridized carbons (Fsp3) is 0.500. The van der Waals surface area contributed by atoms with Crippen LogP contribution in [0.3, 0.4) is 0 Å². The molecular formula is C26H34FN5O3. The number of anilines is 2. The monoisotopic (exact) mass is 483 g/mol. The predicted molar refractivity (Wildman–Crippen MR) is 133 cm³/mol. The van der Waals surface area contributed by atoms with E-state index in [1.807, 2.05) is 45.0 Å². The molecule has 0 saturated carbocycles. The predicted octanol–water partition coefficient (Wildman–Crippen LogP) is 4.40. The summed E-state index contributed by atoms with van der Waals surface area (Å²) in [5, 5.41) is 3.08. The van der Waals surface area contributed by atoms with Crippen molar-refractivity contribution >= 4 is 23.5 Å². The van der Waals surface area contributed by atoms with Crippen LogP contribution in [0.2, 0.25) is 0 Å². The van der Waals surface area contributed by atoms with Crippen molar-refractivity contribution < 1.29 is 18.7 Å². The number of carbonyl (C=O) groups excluding carboxylic acids is 2. The van der Waals surface area contributed by atoms with E-state index in [0.29, 0.717) is 50.9 Å². The van der Waals surface area contributed by atoms with Crippen LogP contribution < -0.4 is 15.1 Å². The van der Waals surface area contributed by atoms with E-state index in [0.717, 1.165) is 24.2 Å². The minimum absolute atomic E-state index is 0.143. The number of pyridine rings is 1. The van der Waals surface area contributed by atoms with Gasteiger partial charge in [-0.15, -0.1) is 0 Å². The van der Waals surface area contributed by atoms with Crippen LogP contribution in [0.25, 0.3) is 0 Å². The van der Waals surface area contributed by atoms with Gasteiger partial charge >= 0.3 is 12.1 Å². The molecule has 0 bridgehead atoms. The third-order valence-electron chi connectivity index (χ3n) is 6.34. The highest BCUT2D eigenvalue weighted by Gasteiger charge is 2.30. The number of carbonyl (C=O) groups is 2. The minimum atomic E-state index is -0.506. The minimum Gasteiger partial charge on any atom is -0.444 e. The summed E-state index contributed by atoms with van der Waals surface area (Å²) in [7, 11) is 0. The van der Waals surface area contributed by atoms with Gasteiger partial charge in [0.25, 0.3) is 0 Å². The second-order valence-corrected chi connectivity index (χ2v) is 10.1. The molecular weight excluding hydrogens is 449 g/mol. The van der Waals surface area contributed by atoms with Gasteiger partial charge in [0.05, 0.1) is 23.6 Å². The first-order valence-electron chi connectivity index (χ1n) is 12.2. The van der Waals surface area contributed by atoms with Crippen molar-refractivity contribution in [2.24, 2.45) is 5.92 Å². The Balaban J connectivity index is 1.32. The first-order valence-corrected chi connectivity index (χ1v) is 12.2. The summed E-state index contributed by atoms with van der Waals surface area (Å²) >= 11 is 0. The number of benzene rings is 1. The van der Waals surface area contributed by atoms with Crippen molar-refractivity contribution in [2.45, 2.75) is 45.8 Å². The van der Waals surface area contributed by atoms with Crippen LogP contribution in [0.5, 0.6) is 0 Å². The highest BCUT2D eigenvalue weighted by molar-refractivity contribution is 5.96. The van der Waals surface area contributed by atoms with Crippen LogP contribution in [0.1, 0.15) is 39.3 Å². The molecule has 1 saturated heterocycles. The number of fused-ring (bicyclic) bond motifs is 1. The number of ether oxygens (including phenoxy) is 1. The lowest BCUT2D eigenvalue weighted by Crippen LogP contribution is -2.49. The molecule has 3 heterocycles. The summed E-state index contributed by atoms with van der Waals surface area (Å²) in [5.74, 6) is -0.0239. The molecule has 9 heteroatoms. The zero-order valence-corrected chi connectivity index (χ0v) is 20.7. The van der Waals surface area contributed by atoms with Crippen molar-refractivity contribution in [3.8, 4) is 0 Å². The topological polar surface area (TPSA) is 78.0 Å². The van der Waals surface area contributed by atoms with E-state index in [1.165, 1.54) is 6.07 Å². The lowest BCUT2D eigenvalue weighted by molar-refractivity contribution is 0.0184. The van der Waals surface area contributed by atoms with E-state index >= 15 is 0 Å². The number of halogens is 1. The SMILES string of the molecule is CC(C)(C)OC(=O)N1CCC(CNC(=O)N2CCN(Cc3ncccc3F)c3ccccc32)CC1. The third kappa shape index (κ3) is 6.21. The van der Waals surface area contributed by atoms with Crippen LogP contribution in [-0.2, 0) is 11.3 Å². The highest BCUT2D eigenvalue weighted by Crippen LogP contribution is 2.34. The molecule has 2 aliphatic rings. The Morgan fingerprint density at radius 3 is 2.46 bits per heavy atom. The summed E-state index contributed by atoms with van der Waals surface area (Å²) in [6.45, 7) is 8.81. The largest absolute Gasteiger partial charge is 0.444 e. The quantitative estimate of drug-likeness (QED) is 0.697. The maximum atomic E-state index is 14.2. The highest BCUT2D eigenvalue weighted by atomic mass is 19.1. The number of amides is 3. The molecule has 0 radical (unpaired) electrons. The Bertz CT molecular complexity index is 1050. The van der Waals surface area contributed by atoms with Crippen molar-refractivity contribution in [1.29, 1.82) is 0 Å². The molecule has 8 nitrogen and oxygen atoms in total. The van der Waals surface area contributed by atoms with Gasteiger partial charge in [-0.1, -0.05) is 12.1 Å². The van der Waals surface area contributed by atoms with Crippen molar-refractivity contribution in [3.05, 3.63) is 54.1 Å². The number of rotatable bonds is 4. The molecule has 2 aromatic rings. The Morgan fingerprint density at radius 1 is 1.06 bits per heavy atom. The van der Waals surface area contributed by atoms with Crippen LogP contribution in [-0.4, -0.2) is 60.3 Å². The van der Waals surface area contributed by atoms with Crippen LogP contribution in [0, 0.1) is 11.7 Å². The third-order valence-corrected chi connectivity index (χ3v) is 6.34. The number of hydrogen-bond acceptors (Lipinski definition) is 5. The molecule has 0 aliphatic carbocycles. The summed E-state index contributed by atoms with van der Waals surface area (Å²) in [5.41, 5.74) is 1.56. The van der Waals surface area contributed by atoms with E-state index < -0.39 is 5.60 Å². The molecule has 0 unspecified atom stereocenters. The Hall–Kier alpha value is -3.36. The first-order chi connectivity index (χ1) is 16.7. The standard InChI is InChI=1S/C26H34FN5O3/c1-26(2,3)35-25(34)30-13-10-19(11-14-30)17-29-24(33)32-16-15-31(22-8-4-5-9-23(22)32)18-21-20(27)7-6-12-28-21/h4-9,12,19H,10-11,13-18H2,1-3H3,(H,29,33). The van der Waals surface area contributed by atoms with E-state index in [9.17, 15) is 14.0 Å². The van der Waals surface area contributed by atoms with E-state index in [1.54, 1.807) is 22.1 Å². The van der Waals surface area contributed by atoms with E-state index in [-0.39, 0.29) is 17.9 Å². The molecule has 35 heavy (non-hydrogen) atoms. The smallest absolute Gasteiger partial charge is 0.410 e. The number of urea groups is 1. The summed E-state index contributed by atoms with van der Waals surface area (Å²) in [4.78, 5) is 35.1. The summed E-state index contributed by atoms with van der Waals surface area (Å²) < 4.78 is 19.6. The van der Waals surface area contributed by atoms with Gasteiger partial charge in [-0.2, -0.15) is 0 Å². The van der Waals surface area contributed by atoms with E-state index in [4.69, 9.17) is 4.74 Å². The molecule has 0 spiro atoms. The second-order valence-electron chi connectivity index (χ2n) is 10.1. The fourth-order valence-corrected chi connectivity index (χ4v) is 4.49.